The van der Waals surface area contributed by atoms with E-state index >= 15 is 0 Å². The summed E-state index contributed by atoms with van der Waals surface area (Å²) in [6, 6.07) is 13.2. The molecular weight excluding hydrogens is 252 g/mol. The van der Waals surface area contributed by atoms with Gasteiger partial charge in [-0.2, -0.15) is 0 Å². The van der Waals surface area contributed by atoms with Crippen LogP contribution in [0.1, 0.15) is 12.5 Å². The SMILES string of the molecule is CCc1ccccc1N.COc1ccc(OC)c(N)c1. The lowest BCUT2D eigenvalue weighted by atomic mass is 10.1. The Morgan fingerprint density at radius 3 is 2.05 bits per heavy atom. The Morgan fingerprint density at radius 1 is 0.900 bits per heavy atom. The summed E-state index contributed by atoms with van der Waals surface area (Å²) < 4.78 is 9.92. The third kappa shape index (κ3) is 4.39. The van der Waals surface area contributed by atoms with E-state index in [0.29, 0.717) is 11.4 Å². The lowest BCUT2D eigenvalue weighted by molar-refractivity contribution is 0.405. The molecule has 0 aliphatic rings. The normalized spacial score (nSPS) is 9.35. The van der Waals surface area contributed by atoms with Gasteiger partial charge < -0.3 is 20.9 Å². The predicted molar refractivity (Wildman–Crippen MR) is 84.2 cm³/mol. The standard InChI is InChI=1S/C8H11NO2.C8H11N/c1-10-6-3-4-8(11-2)7(9)5-6;1-2-7-5-3-4-6-8(7)9/h3-5H,9H2,1-2H3;3-6H,2,9H2,1H3. The van der Waals surface area contributed by atoms with Crippen LogP contribution in [-0.4, -0.2) is 14.2 Å². The van der Waals surface area contributed by atoms with Gasteiger partial charge in [-0.15, -0.1) is 0 Å². The fourth-order valence-electron chi connectivity index (χ4n) is 1.70. The zero-order valence-corrected chi connectivity index (χ0v) is 12.2. The molecule has 0 aliphatic heterocycles. The molecule has 0 fully saturated rings. The quantitative estimate of drug-likeness (QED) is 0.844. The Hall–Kier alpha value is -2.36. The summed E-state index contributed by atoms with van der Waals surface area (Å²) in [6.45, 7) is 2.10. The number of para-hydroxylation sites is 1. The minimum Gasteiger partial charge on any atom is -0.497 e. The van der Waals surface area contributed by atoms with E-state index in [-0.39, 0.29) is 0 Å². The van der Waals surface area contributed by atoms with Gasteiger partial charge in [0.2, 0.25) is 0 Å². The zero-order chi connectivity index (χ0) is 15.0. The molecule has 2 aromatic carbocycles. The summed E-state index contributed by atoms with van der Waals surface area (Å²) >= 11 is 0. The number of anilines is 2. The van der Waals surface area contributed by atoms with Crippen molar-refractivity contribution in [3.8, 4) is 11.5 Å². The zero-order valence-electron chi connectivity index (χ0n) is 12.2. The molecule has 4 nitrogen and oxygen atoms in total. The van der Waals surface area contributed by atoms with E-state index in [0.717, 1.165) is 17.9 Å². The molecule has 4 heteroatoms. The summed E-state index contributed by atoms with van der Waals surface area (Å²) in [4.78, 5) is 0. The largest absolute Gasteiger partial charge is 0.497 e. The second kappa shape index (κ2) is 7.94. The number of aryl methyl sites for hydroxylation is 1. The van der Waals surface area contributed by atoms with Crippen molar-refractivity contribution >= 4 is 11.4 Å². The fourth-order valence-corrected chi connectivity index (χ4v) is 1.70. The van der Waals surface area contributed by atoms with Crippen LogP contribution in [-0.2, 0) is 6.42 Å². The average Bonchev–Trinajstić information content (AvgIpc) is 2.48. The van der Waals surface area contributed by atoms with Crippen LogP contribution in [0.5, 0.6) is 11.5 Å². The Bertz CT molecular complexity index is 542. The molecule has 0 aliphatic carbocycles. The van der Waals surface area contributed by atoms with Crippen LogP contribution in [0.15, 0.2) is 42.5 Å². The number of nitrogens with two attached hydrogens (primary N) is 2. The Labute approximate surface area is 120 Å². The van der Waals surface area contributed by atoms with Crippen molar-refractivity contribution in [3.05, 3.63) is 48.0 Å². The van der Waals surface area contributed by atoms with E-state index < -0.39 is 0 Å². The molecule has 0 spiro atoms. The summed E-state index contributed by atoms with van der Waals surface area (Å²) in [5, 5.41) is 0. The van der Waals surface area contributed by atoms with Gasteiger partial charge in [0.05, 0.1) is 19.9 Å². The van der Waals surface area contributed by atoms with Crippen molar-refractivity contribution < 1.29 is 9.47 Å². The number of ether oxygens (including phenoxy) is 2. The van der Waals surface area contributed by atoms with Crippen molar-refractivity contribution in [2.75, 3.05) is 25.7 Å². The van der Waals surface area contributed by atoms with Gasteiger partial charge in [-0.25, -0.2) is 0 Å². The van der Waals surface area contributed by atoms with Crippen molar-refractivity contribution in [2.24, 2.45) is 0 Å². The number of nitrogen functional groups attached to an aromatic ring is 2. The molecule has 2 aromatic rings. The van der Waals surface area contributed by atoms with Crippen LogP contribution in [0.25, 0.3) is 0 Å². The summed E-state index contributed by atoms with van der Waals surface area (Å²) in [6.07, 6.45) is 1.02. The van der Waals surface area contributed by atoms with Crippen molar-refractivity contribution in [1.82, 2.24) is 0 Å². The molecule has 0 atom stereocenters. The number of rotatable bonds is 3. The third-order valence-corrected chi connectivity index (χ3v) is 2.87. The van der Waals surface area contributed by atoms with Gasteiger partial charge in [0.1, 0.15) is 11.5 Å². The lowest BCUT2D eigenvalue weighted by Crippen LogP contribution is -1.92. The van der Waals surface area contributed by atoms with Crippen LogP contribution in [0, 0.1) is 0 Å². The first kappa shape index (κ1) is 15.7. The van der Waals surface area contributed by atoms with Gasteiger partial charge in [0.15, 0.2) is 0 Å². The second-order valence-electron chi connectivity index (χ2n) is 4.16. The Kier molecular flexibility index (Phi) is 6.23. The van der Waals surface area contributed by atoms with E-state index in [1.165, 1.54) is 5.56 Å². The summed E-state index contributed by atoms with van der Waals surface area (Å²) in [5.41, 5.74) is 14.0. The lowest BCUT2D eigenvalue weighted by Gasteiger charge is -2.05. The highest BCUT2D eigenvalue weighted by molar-refractivity contribution is 5.56. The maximum atomic E-state index is 5.63. The van der Waals surface area contributed by atoms with Crippen LogP contribution in [0.4, 0.5) is 11.4 Å². The Morgan fingerprint density at radius 2 is 1.60 bits per heavy atom. The van der Waals surface area contributed by atoms with Gasteiger partial charge >= 0.3 is 0 Å². The average molecular weight is 274 g/mol. The fraction of sp³-hybridized carbons (Fsp3) is 0.250. The molecule has 108 valence electrons. The van der Waals surface area contributed by atoms with Gasteiger partial charge in [-0.3, -0.25) is 0 Å². The van der Waals surface area contributed by atoms with E-state index in [1.54, 1.807) is 32.4 Å². The molecule has 0 heterocycles. The van der Waals surface area contributed by atoms with Crippen molar-refractivity contribution in [1.29, 1.82) is 0 Å². The van der Waals surface area contributed by atoms with E-state index in [4.69, 9.17) is 20.9 Å². The molecule has 0 aromatic heterocycles. The number of hydrogen-bond acceptors (Lipinski definition) is 4. The van der Waals surface area contributed by atoms with Gasteiger partial charge in [-0.05, 0) is 30.2 Å². The first-order valence-corrected chi connectivity index (χ1v) is 6.43. The molecule has 0 saturated carbocycles. The first-order valence-electron chi connectivity index (χ1n) is 6.43. The summed E-state index contributed by atoms with van der Waals surface area (Å²) in [7, 11) is 3.18. The van der Waals surface area contributed by atoms with Crippen molar-refractivity contribution in [2.45, 2.75) is 13.3 Å². The minimum atomic E-state index is 0.590. The monoisotopic (exact) mass is 274 g/mol. The molecular formula is C16H22N2O2. The molecule has 0 unspecified atom stereocenters. The maximum Gasteiger partial charge on any atom is 0.142 e. The van der Waals surface area contributed by atoms with E-state index in [9.17, 15) is 0 Å². The molecule has 20 heavy (non-hydrogen) atoms. The Balaban J connectivity index is 0.000000204. The van der Waals surface area contributed by atoms with E-state index in [2.05, 4.69) is 13.0 Å². The van der Waals surface area contributed by atoms with Gasteiger partial charge in [-0.1, -0.05) is 25.1 Å². The maximum absolute atomic E-state index is 5.63. The van der Waals surface area contributed by atoms with Gasteiger partial charge in [0, 0.05) is 11.8 Å². The van der Waals surface area contributed by atoms with Gasteiger partial charge in [0.25, 0.3) is 0 Å². The smallest absolute Gasteiger partial charge is 0.142 e. The highest BCUT2D eigenvalue weighted by Gasteiger charge is 1.98. The van der Waals surface area contributed by atoms with E-state index in [1.807, 2.05) is 18.2 Å². The number of methoxy groups -OCH3 is 2. The first-order chi connectivity index (χ1) is 9.62. The van der Waals surface area contributed by atoms with Crippen molar-refractivity contribution in [3.63, 3.8) is 0 Å². The number of hydrogen-bond donors (Lipinski definition) is 2. The third-order valence-electron chi connectivity index (χ3n) is 2.87. The van der Waals surface area contributed by atoms with Crippen LogP contribution < -0.4 is 20.9 Å². The summed E-state index contributed by atoms with van der Waals surface area (Å²) in [5.74, 6) is 1.41. The molecule has 4 N–H and O–H groups in total. The molecule has 0 amide bonds. The van der Waals surface area contributed by atoms with Crippen LogP contribution >= 0.6 is 0 Å². The van der Waals surface area contributed by atoms with Crippen LogP contribution in [0.2, 0.25) is 0 Å². The molecule has 0 saturated heterocycles. The highest BCUT2D eigenvalue weighted by atomic mass is 16.5. The molecule has 2 rings (SSSR count). The second-order valence-corrected chi connectivity index (χ2v) is 4.16. The minimum absolute atomic E-state index is 0.590. The number of benzene rings is 2. The predicted octanol–water partition coefficient (Wildman–Crippen LogP) is 3.12. The molecule has 0 bridgehead atoms. The van der Waals surface area contributed by atoms with Crippen LogP contribution in [0.3, 0.4) is 0 Å². The molecule has 0 radical (unpaired) electrons. The highest BCUT2D eigenvalue weighted by Crippen LogP contribution is 2.25. The topological polar surface area (TPSA) is 70.5 Å².